The van der Waals surface area contributed by atoms with Crippen LogP contribution in [-0.2, 0) is 0 Å². The second-order valence-electron chi connectivity index (χ2n) is 4.27. The fourth-order valence-electron chi connectivity index (χ4n) is 1.74. The van der Waals surface area contributed by atoms with Crippen LogP contribution in [-0.4, -0.2) is 10.9 Å². The molecule has 96 valence electrons. The number of ketones is 1. The van der Waals surface area contributed by atoms with Gasteiger partial charge in [0.25, 0.3) is 0 Å². The zero-order chi connectivity index (χ0) is 13.8. The molecule has 0 aromatic heterocycles. The lowest BCUT2D eigenvalue weighted by Crippen LogP contribution is -1.94. The number of phenolic OH excluding ortho intramolecular Hbond substituents is 1. The molecule has 0 heterocycles. The monoisotopic (exact) mass is 272 g/mol. The number of phenols is 1. The molecular weight excluding hydrogens is 260 g/mol. The molecular formula is C16H13ClO2. The van der Waals surface area contributed by atoms with Crippen LogP contribution in [0, 0.1) is 6.92 Å². The van der Waals surface area contributed by atoms with Crippen LogP contribution in [0.1, 0.15) is 21.5 Å². The number of carbonyl (C=O) groups excluding carboxylic acids is 1. The summed E-state index contributed by atoms with van der Waals surface area (Å²) in [5.41, 5.74) is 2.27. The number of aromatic hydroxyl groups is 1. The summed E-state index contributed by atoms with van der Waals surface area (Å²) in [6, 6.07) is 12.2. The number of halogens is 1. The van der Waals surface area contributed by atoms with Crippen molar-refractivity contribution in [1.82, 2.24) is 0 Å². The second-order valence-corrected chi connectivity index (χ2v) is 4.71. The van der Waals surface area contributed by atoms with Crippen LogP contribution in [0.3, 0.4) is 0 Å². The van der Waals surface area contributed by atoms with Gasteiger partial charge in [0.05, 0.1) is 5.56 Å². The van der Waals surface area contributed by atoms with Gasteiger partial charge in [-0.15, -0.1) is 0 Å². The predicted octanol–water partition coefficient (Wildman–Crippen LogP) is 4.25. The Labute approximate surface area is 117 Å². The summed E-state index contributed by atoms with van der Waals surface area (Å²) in [5.74, 6) is -0.343. The highest BCUT2D eigenvalue weighted by molar-refractivity contribution is 6.31. The summed E-state index contributed by atoms with van der Waals surface area (Å²) in [4.78, 5) is 12.0. The fraction of sp³-hybridized carbons (Fsp3) is 0.0625. The van der Waals surface area contributed by atoms with Gasteiger partial charge in [-0.2, -0.15) is 0 Å². The van der Waals surface area contributed by atoms with E-state index in [1.165, 1.54) is 24.3 Å². The van der Waals surface area contributed by atoms with E-state index in [0.29, 0.717) is 5.02 Å². The Morgan fingerprint density at radius 1 is 1.21 bits per heavy atom. The smallest absolute Gasteiger partial charge is 0.189 e. The minimum Gasteiger partial charge on any atom is -0.507 e. The first kappa shape index (κ1) is 13.4. The van der Waals surface area contributed by atoms with E-state index in [4.69, 9.17) is 11.6 Å². The highest BCUT2D eigenvalue weighted by Gasteiger charge is 2.08. The van der Waals surface area contributed by atoms with Crippen LogP contribution in [0.2, 0.25) is 5.02 Å². The molecule has 0 bridgehead atoms. The molecule has 2 nitrogen and oxygen atoms in total. The molecule has 0 saturated carbocycles. The molecule has 0 amide bonds. The van der Waals surface area contributed by atoms with Crippen molar-refractivity contribution in [2.75, 3.05) is 0 Å². The quantitative estimate of drug-likeness (QED) is 0.670. The van der Waals surface area contributed by atoms with Crippen molar-refractivity contribution in [2.45, 2.75) is 6.92 Å². The summed E-state index contributed by atoms with van der Waals surface area (Å²) < 4.78 is 0. The first-order valence-corrected chi connectivity index (χ1v) is 6.21. The zero-order valence-electron chi connectivity index (χ0n) is 10.4. The second kappa shape index (κ2) is 5.72. The molecule has 0 aliphatic heterocycles. The topological polar surface area (TPSA) is 37.3 Å². The minimum absolute atomic E-state index is 0.0664. The molecule has 0 aliphatic carbocycles. The van der Waals surface area contributed by atoms with Crippen molar-refractivity contribution in [3.05, 3.63) is 70.3 Å². The number of aryl methyl sites for hydroxylation is 1. The van der Waals surface area contributed by atoms with Crippen LogP contribution in [0.4, 0.5) is 0 Å². The zero-order valence-corrected chi connectivity index (χ0v) is 11.2. The van der Waals surface area contributed by atoms with Crippen molar-refractivity contribution >= 4 is 23.5 Å². The molecule has 0 spiro atoms. The number of benzene rings is 2. The van der Waals surface area contributed by atoms with Crippen LogP contribution < -0.4 is 0 Å². The standard InChI is InChI=1S/C16H13ClO2/c1-11-3-2-4-12(9-11)5-7-15(18)14-10-13(17)6-8-16(14)19/h2-10,19H,1H3/b7-5+. The lowest BCUT2D eigenvalue weighted by molar-refractivity contribution is 0.104. The van der Waals surface area contributed by atoms with Gasteiger partial charge in [-0.1, -0.05) is 47.5 Å². The molecule has 0 saturated heterocycles. The Kier molecular flexibility index (Phi) is 4.03. The maximum Gasteiger partial charge on any atom is 0.189 e. The van der Waals surface area contributed by atoms with Gasteiger partial charge in [-0.05, 0) is 36.8 Å². The maximum absolute atomic E-state index is 12.0. The van der Waals surface area contributed by atoms with Crippen LogP contribution in [0.15, 0.2) is 48.5 Å². The van der Waals surface area contributed by atoms with Crippen molar-refractivity contribution < 1.29 is 9.90 Å². The third-order valence-corrected chi connectivity index (χ3v) is 2.93. The summed E-state index contributed by atoms with van der Waals surface area (Å²) in [6.07, 6.45) is 3.15. The summed E-state index contributed by atoms with van der Waals surface area (Å²) >= 11 is 5.81. The fourth-order valence-corrected chi connectivity index (χ4v) is 1.91. The van der Waals surface area contributed by atoms with Crippen molar-refractivity contribution in [3.8, 4) is 5.75 Å². The highest BCUT2D eigenvalue weighted by atomic mass is 35.5. The Hall–Kier alpha value is -2.06. The van der Waals surface area contributed by atoms with Crippen molar-refractivity contribution in [1.29, 1.82) is 0 Å². The van der Waals surface area contributed by atoms with Gasteiger partial charge < -0.3 is 5.11 Å². The van der Waals surface area contributed by atoms with Gasteiger partial charge in [-0.3, -0.25) is 4.79 Å². The molecule has 0 aliphatic rings. The van der Waals surface area contributed by atoms with Crippen LogP contribution in [0.5, 0.6) is 5.75 Å². The minimum atomic E-state index is -0.276. The number of allylic oxidation sites excluding steroid dienone is 1. The molecule has 2 aromatic rings. The van der Waals surface area contributed by atoms with Crippen LogP contribution in [0.25, 0.3) is 6.08 Å². The van der Waals surface area contributed by atoms with E-state index in [9.17, 15) is 9.90 Å². The first-order chi connectivity index (χ1) is 9.06. The summed E-state index contributed by atoms with van der Waals surface area (Å²) in [7, 11) is 0. The van der Waals surface area contributed by atoms with Crippen molar-refractivity contribution in [2.24, 2.45) is 0 Å². The molecule has 2 aromatic carbocycles. The van der Waals surface area contributed by atoms with Gasteiger partial charge in [0.2, 0.25) is 0 Å². The third kappa shape index (κ3) is 3.46. The van der Waals surface area contributed by atoms with E-state index in [0.717, 1.165) is 11.1 Å². The van der Waals surface area contributed by atoms with E-state index < -0.39 is 0 Å². The van der Waals surface area contributed by atoms with Gasteiger partial charge in [-0.25, -0.2) is 0 Å². The lowest BCUT2D eigenvalue weighted by atomic mass is 10.1. The first-order valence-electron chi connectivity index (χ1n) is 5.84. The lowest BCUT2D eigenvalue weighted by Gasteiger charge is -2.01. The van der Waals surface area contributed by atoms with E-state index in [2.05, 4.69) is 0 Å². The molecule has 0 atom stereocenters. The van der Waals surface area contributed by atoms with Gasteiger partial charge >= 0.3 is 0 Å². The average Bonchev–Trinajstić information content (AvgIpc) is 2.39. The van der Waals surface area contributed by atoms with E-state index >= 15 is 0 Å². The number of rotatable bonds is 3. The largest absolute Gasteiger partial charge is 0.507 e. The van der Waals surface area contributed by atoms with Crippen LogP contribution >= 0.6 is 11.6 Å². The third-order valence-electron chi connectivity index (χ3n) is 2.69. The molecule has 3 heteroatoms. The molecule has 0 fully saturated rings. The van der Waals surface area contributed by atoms with E-state index in [1.54, 1.807) is 6.08 Å². The molecule has 0 radical (unpaired) electrons. The molecule has 19 heavy (non-hydrogen) atoms. The molecule has 1 N–H and O–H groups in total. The SMILES string of the molecule is Cc1cccc(/C=C/C(=O)c2cc(Cl)ccc2O)c1. The average molecular weight is 273 g/mol. The molecule has 2 rings (SSSR count). The molecule has 0 unspecified atom stereocenters. The summed E-state index contributed by atoms with van der Waals surface area (Å²) in [6.45, 7) is 1.99. The Morgan fingerprint density at radius 3 is 2.74 bits per heavy atom. The Bertz CT molecular complexity index is 645. The van der Waals surface area contributed by atoms with Gasteiger partial charge in [0, 0.05) is 5.02 Å². The Balaban J connectivity index is 2.23. The highest BCUT2D eigenvalue weighted by Crippen LogP contribution is 2.22. The maximum atomic E-state index is 12.0. The van der Waals surface area contributed by atoms with E-state index in [1.807, 2.05) is 31.2 Å². The van der Waals surface area contributed by atoms with Gasteiger partial charge in [0.1, 0.15) is 5.75 Å². The van der Waals surface area contributed by atoms with Crippen molar-refractivity contribution in [3.63, 3.8) is 0 Å². The normalized spacial score (nSPS) is 10.8. The predicted molar refractivity (Wildman–Crippen MR) is 77.7 cm³/mol. The Morgan fingerprint density at radius 2 is 2.00 bits per heavy atom. The number of hydrogen-bond donors (Lipinski definition) is 1. The number of carbonyl (C=O) groups is 1. The van der Waals surface area contributed by atoms with Gasteiger partial charge in [0.15, 0.2) is 5.78 Å². The summed E-state index contributed by atoms with van der Waals surface area (Å²) in [5, 5.41) is 10.1. The number of hydrogen-bond acceptors (Lipinski definition) is 2. The van der Waals surface area contributed by atoms with E-state index in [-0.39, 0.29) is 17.1 Å².